The molecule has 0 spiro atoms. The SMILES string of the molecule is O=C(CC1CS(=O)(=O)CCN1)NC1(C(=O)O)CCOC1. The molecule has 2 aliphatic heterocycles. The van der Waals surface area contributed by atoms with Crippen LogP contribution in [0.2, 0.25) is 0 Å². The lowest BCUT2D eigenvalue weighted by molar-refractivity contribution is -0.147. The van der Waals surface area contributed by atoms with Gasteiger partial charge in [-0.1, -0.05) is 0 Å². The molecule has 9 heteroatoms. The molecule has 3 N–H and O–H groups in total. The van der Waals surface area contributed by atoms with Gasteiger partial charge in [0.1, 0.15) is 0 Å². The van der Waals surface area contributed by atoms with Crippen LogP contribution in [0.15, 0.2) is 0 Å². The molecule has 2 unspecified atom stereocenters. The largest absolute Gasteiger partial charge is 0.479 e. The van der Waals surface area contributed by atoms with Crippen molar-refractivity contribution in [3.8, 4) is 0 Å². The van der Waals surface area contributed by atoms with E-state index in [0.717, 1.165) is 0 Å². The Morgan fingerprint density at radius 1 is 1.45 bits per heavy atom. The highest BCUT2D eigenvalue weighted by Gasteiger charge is 2.44. The van der Waals surface area contributed by atoms with Crippen molar-refractivity contribution in [2.45, 2.75) is 24.4 Å². The summed E-state index contributed by atoms with van der Waals surface area (Å²) in [6.45, 7) is 0.528. The van der Waals surface area contributed by atoms with E-state index in [9.17, 15) is 23.1 Å². The Labute approximate surface area is 116 Å². The fourth-order valence-electron chi connectivity index (χ4n) is 2.43. The van der Waals surface area contributed by atoms with Gasteiger partial charge in [0.05, 0.1) is 18.1 Å². The number of carbonyl (C=O) groups excluding carboxylic acids is 1. The van der Waals surface area contributed by atoms with E-state index in [4.69, 9.17) is 4.74 Å². The van der Waals surface area contributed by atoms with E-state index in [1.165, 1.54) is 0 Å². The van der Waals surface area contributed by atoms with Crippen LogP contribution >= 0.6 is 0 Å². The average Bonchev–Trinajstić information content (AvgIpc) is 2.77. The van der Waals surface area contributed by atoms with Crippen molar-refractivity contribution in [3.05, 3.63) is 0 Å². The lowest BCUT2D eigenvalue weighted by Gasteiger charge is -2.27. The number of sulfone groups is 1. The zero-order valence-electron chi connectivity index (χ0n) is 10.9. The summed E-state index contributed by atoms with van der Waals surface area (Å²) in [5, 5.41) is 14.6. The molecule has 0 aromatic rings. The molecule has 0 aromatic heterocycles. The van der Waals surface area contributed by atoms with Crippen LogP contribution < -0.4 is 10.6 Å². The number of amides is 1. The van der Waals surface area contributed by atoms with Gasteiger partial charge in [-0.3, -0.25) is 4.79 Å². The van der Waals surface area contributed by atoms with E-state index >= 15 is 0 Å². The van der Waals surface area contributed by atoms with Gasteiger partial charge in [0.2, 0.25) is 5.91 Å². The molecule has 114 valence electrons. The van der Waals surface area contributed by atoms with Crippen molar-refractivity contribution in [1.29, 1.82) is 0 Å². The van der Waals surface area contributed by atoms with Gasteiger partial charge in [-0.25, -0.2) is 13.2 Å². The third kappa shape index (κ3) is 3.47. The van der Waals surface area contributed by atoms with Crippen LogP contribution in [0.3, 0.4) is 0 Å². The number of ether oxygens (including phenoxy) is 1. The van der Waals surface area contributed by atoms with Crippen LogP contribution in [-0.4, -0.2) is 68.2 Å². The number of carbonyl (C=O) groups is 2. The molecule has 2 atom stereocenters. The quantitative estimate of drug-likeness (QED) is 0.556. The highest BCUT2D eigenvalue weighted by molar-refractivity contribution is 7.91. The zero-order valence-corrected chi connectivity index (χ0v) is 11.7. The summed E-state index contributed by atoms with van der Waals surface area (Å²) in [6, 6.07) is -0.470. The van der Waals surface area contributed by atoms with Gasteiger partial charge in [0.15, 0.2) is 15.4 Å². The summed E-state index contributed by atoms with van der Waals surface area (Å²) >= 11 is 0. The molecule has 2 fully saturated rings. The summed E-state index contributed by atoms with van der Waals surface area (Å²) in [4.78, 5) is 23.2. The monoisotopic (exact) mass is 306 g/mol. The first kappa shape index (κ1) is 15.2. The van der Waals surface area contributed by atoms with E-state index in [2.05, 4.69) is 10.6 Å². The van der Waals surface area contributed by atoms with E-state index in [1.54, 1.807) is 0 Å². The van der Waals surface area contributed by atoms with E-state index < -0.39 is 33.3 Å². The zero-order chi connectivity index (χ0) is 14.8. The van der Waals surface area contributed by atoms with Crippen molar-refractivity contribution in [1.82, 2.24) is 10.6 Å². The molecule has 0 saturated carbocycles. The van der Waals surface area contributed by atoms with Gasteiger partial charge in [-0.2, -0.15) is 0 Å². The Balaban J connectivity index is 1.93. The van der Waals surface area contributed by atoms with E-state index in [1.807, 2.05) is 0 Å². The Bertz CT molecular complexity index is 497. The Morgan fingerprint density at radius 2 is 2.20 bits per heavy atom. The average molecular weight is 306 g/mol. The van der Waals surface area contributed by atoms with Crippen LogP contribution in [0.5, 0.6) is 0 Å². The van der Waals surface area contributed by atoms with Gasteiger partial charge in [0, 0.05) is 32.0 Å². The minimum absolute atomic E-state index is 0.0613. The summed E-state index contributed by atoms with van der Waals surface area (Å²) < 4.78 is 28.0. The maximum atomic E-state index is 11.9. The van der Waals surface area contributed by atoms with Gasteiger partial charge in [-0.05, 0) is 0 Å². The molecule has 1 amide bonds. The van der Waals surface area contributed by atoms with Gasteiger partial charge in [0.25, 0.3) is 0 Å². The van der Waals surface area contributed by atoms with Crippen molar-refractivity contribution in [2.24, 2.45) is 0 Å². The molecule has 2 saturated heterocycles. The molecule has 0 aromatic carbocycles. The lowest BCUT2D eigenvalue weighted by Crippen LogP contribution is -2.57. The smallest absolute Gasteiger partial charge is 0.331 e. The molecule has 8 nitrogen and oxygen atoms in total. The summed E-state index contributed by atoms with van der Waals surface area (Å²) in [5.74, 6) is -1.64. The van der Waals surface area contributed by atoms with Crippen LogP contribution in [0.4, 0.5) is 0 Å². The highest BCUT2D eigenvalue weighted by Crippen LogP contribution is 2.19. The lowest BCUT2D eigenvalue weighted by atomic mass is 9.98. The molecule has 0 aliphatic carbocycles. The maximum Gasteiger partial charge on any atom is 0.331 e. The van der Waals surface area contributed by atoms with Gasteiger partial charge >= 0.3 is 5.97 Å². The van der Waals surface area contributed by atoms with E-state index in [0.29, 0.717) is 6.54 Å². The highest BCUT2D eigenvalue weighted by atomic mass is 32.2. The van der Waals surface area contributed by atoms with Crippen molar-refractivity contribution in [2.75, 3.05) is 31.3 Å². The maximum absolute atomic E-state index is 11.9. The number of rotatable bonds is 4. The number of hydrogen-bond acceptors (Lipinski definition) is 6. The minimum atomic E-state index is -3.12. The molecular formula is C11H18N2O6S. The third-order valence-electron chi connectivity index (χ3n) is 3.54. The Morgan fingerprint density at radius 3 is 2.75 bits per heavy atom. The summed E-state index contributed by atoms with van der Waals surface area (Å²) in [5.41, 5.74) is -1.38. The standard InChI is InChI=1S/C11H18N2O6S/c14-9(5-8-6-20(17,18)4-2-12-8)13-11(10(15)16)1-3-19-7-11/h8,12H,1-7H2,(H,13,14)(H,15,16). The molecular weight excluding hydrogens is 288 g/mol. The fourth-order valence-corrected chi connectivity index (χ4v) is 3.87. The third-order valence-corrected chi connectivity index (χ3v) is 5.28. The van der Waals surface area contributed by atoms with Crippen LogP contribution in [0, 0.1) is 0 Å². The summed E-state index contributed by atoms with van der Waals surface area (Å²) in [7, 11) is -3.12. The minimum Gasteiger partial charge on any atom is -0.479 e. The first-order valence-electron chi connectivity index (χ1n) is 6.39. The van der Waals surface area contributed by atoms with Crippen molar-refractivity contribution < 1.29 is 27.9 Å². The second-order valence-electron chi connectivity index (χ2n) is 5.21. The number of carboxylic acid groups (broad SMARTS) is 1. The molecule has 2 rings (SSSR count). The first-order chi connectivity index (χ1) is 9.33. The molecule has 0 bridgehead atoms. The van der Waals surface area contributed by atoms with Crippen molar-refractivity contribution in [3.63, 3.8) is 0 Å². The Kier molecular flexibility index (Phi) is 4.31. The molecule has 20 heavy (non-hydrogen) atoms. The number of aliphatic carboxylic acids is 1. The number of carboxylic acids is 1. The van der Waals surface area contributed by atoms with Crippen LogP contribution in [0.25, 0.3) is 0 Å². The number of nitrogens with one attached hydrogen (secondary N) is 2. The predicted octanol–water partition coefficient (Wildman–Crippen LogP) is -1.88. The predicted molar refractivity (Wildman–Crippen MR) is 69.0 cm³/mol. The van der Waals surface area contributed by atoms with Crippen molar-refractivity contribution >= 4 is 21.7 Å². The first-order valence-corrected chi connectivity index (χ1v) is 8.21. The van der Waals surface area contributed by atoms with E-state index in [-0.39, 0.29) is 37.6 Å². The number of hydrogen-bond donors (Lipinski definition) is 3. The van der Waals surface area contributed by atoms with Crippen LogP contribution in [0.1, 0.15) is 12.8 Å². The fraction of sp³-hybridized carbons (Fsp3) is 0.818. The molecule has 2 heterocycles. The Hall–Kier alpha value is -1.19. The molecule has 2 aliphatic rings. The second kappa shape index (κ2) is 5.66. The van der Waals surface area contributed by atoms with Gasteiger partial charge < -0.3 is 20.5 Å². The normalized spacial score (nSPS) is 32.7. The second-order valence-corrected chi connectivity index (χ2v) is 7.44. The molecule has 0 radical (unpaired) electrons. The topological polar surface area (TPSA) is 122 Å². The summed E-state index contributed by atoms with van der Waals surface area (Å²) in [6.07, 6.45) is 0.152. The van der Waals surface area contributed by atoms with Gasteiger partial charge in [-0.15, -0.1) is 0 Å². The van der Waals surface area contributed by atoms with Crippen LogP contribution in [-0.2, 0) is 24.2 Å².